The summed E-state index contributed by atoms with van der Waals surface area (Å²) in [4.78, 5) is 27.5. The molecule has 37 heavy (non-hydrogen) atoms. The van der Waals surface area contributed by atoms with Crippen LogP contribution in [0.15, 0.2) is 60.7 Å². The van der Waals surface area contributed by atoms with Gasteiger partial charge in [0.1, 0.15) is 11.4 Å². The Labute approximate surface area is 217 Å². The number of rotatable bonds is 6. The van der Waals surface area contributed by atoms with Crippen LogP contribution < -0.4 is 10.1 Å². The van der Waals surface area contributed by atoms with Crippen molar-refractivity contribution in [2.24, 2.45) is 0 Å². The number of para-hydroxylation sites is 1. The summed E-state index contributed by atoms with van der Waals surface area (Å²) in [5, 5.41) is 13.4. The molecular weight excluding hydrogens is 527 g/mol. The molecule has 0 spiro atoms. The molecule has 0 saturated carbocycles. The third-order valence-electron chi connectivity index (χ3n) is 5.23. The molecule has 0 unspecified atom stereocenters. The number of carbonyl (C=O) groups is 1. The van der Waals surface area contributed by atoms with Gasteiger partial charge in [-0.05, 0) is 29.2 Å². The first kappa shape index (κ1) is 26.3. The van der Waals surface area contributed by atoms with E-state index in [0.29, 0.717) is 16.9 Å². The predicted molar refractivity (Wildman–Crippen MR) is 137 cm³/mol. The van der Waals surface area contributed by atoms with Crippen molar-refractivity contribution in [1.82, 2.24) is 4.98 Å². The lowest BCUT2D eigenvalue weighted by molar-refractivity contribution is -0.380. The zero-order valence-corrected chi connectivity index (χ0v) is 21.4. The number of ether oxygens (including phenoxy) is 1. The molecule has 2 heterocycles. The minimum atomic E-state index is -4.64. The maximum atomic E-state index is 13.6. The zero-order valence-electron chi connectivity index (χ0n) is 19.8. The summed E-state index contributed by atoms with van der Waals surface area (Å²) in [6.45, 7) is 6.15. The third kappa shape index (κ3) is 5.97. The fraction of sp³-hybridized carbons (Fsp3) is 0.200. The first-order valence-electron chi connectivity index (χ1n) is 10.8. The van der Waals surface area contributed by atoms with Crippen molar-refractivity contribution in [1.29, 1.82) is 0 Å². The second-order valence-electron chi connectivity index (χ2n) is 8.93. The average Bonchev–Trinajstić information content (AvgIpc) is 3.46. The summed E-state index contributed by atoms with van der Waals surface area (Å²) in [5.41, 5.74) is 0.803. The van der Waals surface area contributed by atoms with Gasteiger partial charge in [-0.15, -0.1) is 0 Å². The Morgan fingerprint density at radius 1 is 1.00 bits per heavy atom. The minimum absolute atomic E-state index is 0.0488. The number of thiophene rings is 1. The maximum Gasteiger partial charge on any atom is 0.419 e. The largest absolute Gasteiger partial charge is 0.444 e. The van der Waals surface area contributed by atoms with Gasteiger partial charge in [-0.2, -0.15) is 13.2 Å². The number of alkyl halides is 3. The molecule has 192 valence electrons. The molecule has 4 rings (SSSR count). The number of amides is 1. The molecule has 0 aliphatic heterocycles. The van der Waals surface area contributed by atoms with E-state index in [1.165, 1.54) is 30.3 Å². The standard InChI is InChI=1S/C25H20F3N3O4S2/c1-24(2,3)15-10-8-14(9-11-15)20-22(35-17-7-5-4-6-16(17)25(26,27)28)37-23(29-20)30-21(32)18-12-13-19(36-18)31(33)34/h4-13H,1-3H3,(H,29,30,32). The van der Waals surface area contributed by atoms with Gasteiger partial charge in [-0.25, -0.2) is 4.98 Å². The Morgan fingerprint density at radius 2 is 1.68 bits per heavy atom. The van der Waals surface area contributed by atoms with Gasteiger partial charge in [0.05, 0.1) is 15.4 Å². The molecule has 7 nitrogen and oxygen atoms in total. The van der Waals surface area contributed by atoms with Crippen LogP contribution >= 0.6 is 22.7 Å². The fourth-order valence-electron chi connectivity index (χ4n) is 3.34. The van der Waals surface area contributed by atoms with Crippen LogP contribution in [0.2, 0.25) is 0 Å². The van der Waals surface area contributed by atoms with Crippen molar-refractivity contribution in [3.8, 4) is 22.1 Å². The van der Waals surface area contributed by atoms with E-state index in [2.05, 4.69) is 31.1 Å². The van der Waals surface area contributed by atoms with Crippen molar-refractivity contribution >= 4 is 38.7 Å². The van der Waals surface area contributed by atoms with E-state index >= 15 is 0 Å². The quantitative estimate of drug-likeness (QED) is 0.194. The normalized spacial score (nSPS) is 11.8. The molecule has 0 aliphatic carbocycles. The lowest BCUT2D eigenvalue weighted by Gasteiger charge is -2.19. The van der Waals surface area contributed by atoms with E-state index in [0.717, 1.165) is 23.0 Å². The number of aromatic nitrogens is 1. The molecule has 2 aromatic carbocycles. The molecule has 0 aliphatic rings. The van der Waals surface area contributed by atoms with Crippen molar-refractivity contribution in [3.05, 3.63) is 86.8 Å². The highest BCUT2D eigenvalue weighted by molar-refractivity contribution is 7.19. The minimum Gasteiger partial charge on any atom is -0.444 e. The Kier molecular flexibility index (Phi) is 7.07. The zero-order chi connectivity index (χ0) is 27.0. The predicted octanol–water partition coefficient (Wildman–Crippen LogP) is 8.14. The highest BCUT2D eigenvalue weighted by atomic mass is 32.1. The molecule has 0 bridgehead atoms. The van der Waals surface area contributed by atoms with Crippen LogP contribution in [0.3, 0.4) is 0 Å². The third-order valence-corrected chi connectivity index (χ3v) is 7.12. The monoisotopic (exact) mass is 547 g/mol. The summed E-state index contributed by atoms with van der Waals surface area (Å²) in [5.74, 6) is -1.04. The molecule has 0 fully saturated rings. The van der Waals surface area contributed by atoms with Crippen LogP contribution in [0.4, 0.5) is 23.3 Å². The highest BCUT2D eigenvalue weighted by Crippen LogP contribution is 2.44. The van der Waals surface area contributed by atoms with Gasteiger partial charge in [-0.1, -0.05) is 79.8 Å². The molecule has 4 aromatic rings. The molecule has 1 N–H and O–H groups in total. The van der Waals surface area contributed by atoms with Crippen LogP contribution in [0, 0.1) is 10.1 Å². The second kappa shape index (κ2) is 9.94. The van der Waals surface area contributed by atoms with Gasteiger partial charge < -0.3 is 4.74 Å². The van der Waals surface area contributed by atoms with Gasteiger partial charge in [0.25, 0.3) is 5.91 Å². The van der Waals surface area contributed by atoms with Crippen LogP contribution in [-0.4, -0.2) is 15.8 Å². The smallest absolute Gasteiger partial charge is 0.419 e. The number of thiazole rings is 1. The number of nitrogens with zero attached hydrogens (tertiary/aromatic N) is 2. The number of anilines is 1. The molecule has 2 aromatic heterocycles. The van der Waals surface area contributed by atoms with Gasteiger partial charge in [0.15, 0.2) is 5.13 Å². The number of nitro groups is 1. The summed E-state index contributed by atoms with van der Waals surface area (Å²) < 4.78 is 46.4. The fourth-order valence-corrected chi connectivity index (χ4v) is 4.90. The second-order valence-corrected chi connectivity index (χ2v) is 11.0. The Hall–Kier alpha value is -3.77. The van der Waals surface area contributed by atoms with E-state index in [-0.39, 0.29) is 31.2 Å². The summed E-state index contributed by atoms with van der Waals surface area (Å²) >= 11 is 1.55. The number of nitrogens with one attached hydrogen (secondary N) is 1. The van der Waals surface area contributed by atoms with Crippen LogP contribution in [0.25, 0.3) is 11.3 Å². The Balaban J connectivity index is 1.72. The van der Waals surface area contributed by atoms with Gasteiger partial charge in [0, 0.05) is 11.6 Å². The summed E-state index contributed by atoms with van der Waals surface area (Å²) in [6, 6.07) is 14.7. The number of carbonyl (C=O) groups excluding carboxylic acids is 1. The molecule has 1 amide bonds. The summed E-state index contributed by atoms with van der Waals surface area (Å²) in [6.07, 6.45) is -4.64. The summed E-state index contributed by atoms with van der Waals surface area (Å²) in [7, 11) is 0. The van der Waals surface area contributed by atoms with E-state index in [1.807, 2.05) is 12.1 Å². The first-order valence-corrected chi connectivity index (χ1v) is 12.5. The van der Waals surface area contributed by atoms with E-state index in [1.54, 1.807) is 12.1 Å². The molecule has 12 heteroatoms. The Bertz CT molecular complexity index is 1460. The molecular formula is C25H20F3N3O4S2. The van der Waals surface area contributed by atoms with E-state index in [9.17, 15) is 28.1 Å². The maximum absolute atomic E-state index is 13.6. The Morgan fingerprint density at radius 3 is 2.27 bits per heavy atom. The van der Waals surface area contributed by atoms with E-state index in [4.69, 9.17) is 4.74 Å². The van der Waals surface area contributed by atoms with Crippen molar-refractivity contribution in [2.75, 3.05) is 5.32 Å². The topological polar surface area (TPSA) is 94.4 Å². The molecule has 0 radical (unpaired) electrons. The van der Waals surface area contributed by atoms with Crippen LogP contribution in [0.1, 0.15) is 41.6 Å². The van der Waals surface area contributed by atoms with Crippen LogP contribution in [-0.2, 0) is 11.6 Å². The number of hydrogen-bond donors (Lipinski definition) is 1. The van der Waals surface area contributed by atoms with E-state index < -0.39 is 28.3 Å². The van der Waals surface area contributed by atoms with Gasteiger partial charge in [0.2, 0.25) is 5.06 Å². The number of halogens is 3. The highest BCUT2D eigenvalue weighted by Gasteiger charge is 2.34. The lowest BCUT2D eigenvalue weighted by atomic mass is 9.86. The van der Waals surface area contributed by atoms with Gasteiger partial charge in [-0.3, -0.25) is 20.2 Å². The average molecular weight is 548 g/mol. The molecule has 0 saturated heterocycles. The molecule has 0 atom stereocenters. The van der Waals surface area contributed by atoms with Crippen LogP contribution in [0.5, 0.6) is 10.8 Å². The van der Waals surface area contributed by atoms with Crippen molar-refractivity contribution in [2.45, 2.75) is 32.4 Å². The SMILES string of the molecule is CC(C)(C)c1ccc(-c2nc(NC(=O)c3ccc([N+](=O)[O-])s3)sc2Oc2ccccc2C(F)(F)F)cc1. The first-order chi connectivity index (χ1) is 17.3. The van der Waals surface area contributed by atoms with Crippen molar-refractivity contribution in [3.63, 3.8) is 0 Å². The number of benzene rings is 2. The van der Waals surface area contributed by atoms with Crippen molar-refractivity contribution < 1.29 is 27.6 Å². The van der Waals surface area contributed by atoms with Gasteiger partial charge >= 0.3 is 11.2 Å². The number of hydrogen-bond acceptors (Lipinski definition) is 7. The lowest BCUT2D eigenvalue weighted by Crippen LogP contribution is -2.10.